The van der Waals surface area contributed by atoms with E-state index in [2.05, 4.69) is 23.7 Å². The van der Waals surface area contributed by atoms with Gasteiger partial charge < -0.3 is 23.8 Å². The zero-order chi connectivity index (χ0) is 29.0. The zero-order valence-electron chi connectivity index (χ0n) is 23.9. The lowest BCUT2D eigenvalue weighted by atomic mass is 9.95. The number of ether oxygens (including phenoxy) is 4. The smallest absolute Gasteiger partial charge is 0.338 e. The Morgan fingerprint density at radius 2 is 1.75 bits per heavy atom. The summed E-state index contributed by atoms with van der Waals surface area (Å²) in [6.07, 6.45) is 1.81. The van der Waals surface area contributed by atoms with Crippen LogP contribution in [0.3, 0.4) is 0 Å². The number of nitrogens with zero attached hydrogens (tertiary/aromatic N) is 3. The molecule has 1 atom stereocenters. The van der Waals surface area contributed by atoms with Gasteiger partial charge in [-0.3, -0.25) is 9.36 Å². The number of methoxy groups -OCH3 is 3. The van der Waals surface area contributed by atoms with E-state index in [4.69, 9.17) is 18.9 Å². The molecule has 0 fully saturated rings. The molecule has 0 aliphatic carbocycles. The number of allylic oxidation sites excluding steroid dienone is 1. The van der Waals surface area contributed by atoms with Gasteiger partial charge in [-0.25, -0.2) is 9.79 Å². The van der Waals surface area contributed by atoms with Crippen molar-refractivity contribution in [3.05, 3.63) is 78.5 Å². The number of aromatic nitrogens is 1. The highest BCUT2D eigenvalue weighted by atomic mass is 32.1. The van der Waals surface area contributed by atoms with Gasteiger partial charge in [0.25, 0.3) is 5.56 Å². The van der Waals surface area contributed by atoms with Crippen molar-refractivity contribution in [1.82, 2.24) is 4.57 Å². The standard InChI is InChI=1S/C30H35N3O6S/c1-8-32(9-2)20-12-11-19(23(16-20)37-6)15-25-28(34)33-27(22-14-13-21(36-5)17-24(22)38-7)26(29(35)39-10-3)18(4)31-30(33)40-25/h11-17,27H,8-10H2,1-7H3/b25-15-/t27-/m1/s1. The fraction of sp³-hybridized carbons (Fsp3) is 0.367. The molecule has 0 bridgehead atoms. The van der Waals surface area contributed by atoms with E-state index in [0.717, 1.165) is 24.3 Å². The third-order valence-electron chi connectivity index (χ3n) is 6.88. The predicted octanol–water partition coefficient (Wildman–Crippen LogP) is 3.67. The molecule has 1 aromatic heterocycles. The molecule has 0 unspecified atom stereocenters. The van der Waals surface area contributed by atoms with Crippen molar-refractivity contribution < 1.29 is 23.7 Å². The molecule has 0 saturated heterocycles. The zero-order valence-corrected chi connectivity index (χ0v) is 24.8. The molecule has 0 saturated carbocycles. The van der Waals surface area contributed by atoms with Crippen LogP contribution in [0.25, 0.3) is 6.08 Å². The molecule has 212 valence electrons. The molecule has 2 heterocycles. The van der Waals surface area contributed by atoms with Gasteiger partial charge >= 0.3 is 5.97 Å². The number of carbonyl (C=O) groups is 1. The summed E-state index contributed by atoms with van der Waals surface area (Å²) in [7, 11) is 4.72. The molecule has 3 aromatic rings. The largest absolute Gasteiger partial charge is 0.497 e. The number of hydrogen-bond donors (Lipinski definition) is 0. The van der Waals surface area contributed by atoms with Crippen LogP contribution >= 0.6 is 11.3 Å². The van der Waals surface area contributed by atoms with E-state index in [1.54, 1.807) is 52.3 Å². The van der Waals surface area contributed by atoms with Crippen molar-refractivity contribution in [2.75, 3.05) is 45.9 Å². The highest BCUT2D eigenvalue weighted by molar-refractivity contribution is 7.07. The average molecular weight is 566 g/mol. The molecule has 4 rings (SSSR count). The average Bonchev–Trinajstić information content (AvgIpc) is 3.27. The van der Waals surface area contributed by atoms with Crippen molar-refractivity contribution in [2.24, 2.45) is 4.99 Å². The number of anilines is 1. The highest BCUT2D eigenvalue weighted by Crippen LogP contribution is 2.37. The summed E-state index contributed by atoms with van der Waals surface area (Å²) in [5.74, 6) is 1.19. The van der Waals surface area contributed by atoms with Gasteiger partial charge in [0.1, 0.15) is 23.3 Å². The van der Waals surface area contributed by atoms with Crippen molar-refractivity contribution in [3.8, 4) is 17.2 Å². The molecule has 0 N–H and O–H groups in total. The summed E-state index contributed by atoms with van der Waals surface area (Å²) in [6.45, 7) is 9.63. The first kappa shape index (κ1) is 28.9. The first-order valence-corrected chi connectivity index (χ1v) is 14.0. The van der Waals surface area contributed by atoms with Crippen LogP contribution in [0.5, 0.6) is 17.2 Å². The summed E-state index contributed by atoms with van der Waals surface area (Å²) in [6, 6.07) is 10.4. The Morgan fingerprint density at radius 1 is 1.02 bits per heavy atom. The van der Waals surface area contributed by atoms with Gasteiger partial charge in [-0.2, -0.15) is 0 Å². The van der Waals surface area contributed by atoms with Gasteiger partial charge in [-0.05, 0) is 58.0 Å². The third-order valence-corrected chi connectivity index (χ3v) is 7.87. The maximum atomic E-state index is 14.0. The van der Waals surface area contributed by atoms with Gasteiger partial charge in [-0.15, -0.1) is 0 Å². The Labute approximate surface area is 237 Å². The second-order valence-corrected chi connectivity index (χ2v) is 10.0. The summed E-state index contributed by atoms with van der Waals surface area (Å²) in [4.78, 5) is 34.6. The van der Waals surface area contributed by atoms with Gasteiger partial charge in [0.2, 0.25) is 0 Å². The first-order chi connectivity index (χ1) is 19.3. The Morgan fingerprint density at radius 3 is 2.38 bits per heavy atom. The summed E-state index contributed by atoms with van der Waals surface area (Å²) in [5.41, 5.74) is 2.91. The predicted molar refractivity (Wildman–Crippen MR) is 156 cm³/mol. The van der Waals surface area contributed by atoms with E-state index in [0.29, 0.717) is 37.8 Å². The monoisotopic (exact) mass is 565 g/mol. The molecule has 1 aliphatic heterocycles. The summed E-state index contributed by atoms with van der Waals surface area (Å²) < 4.78 is 24.1. The van der Waals surface area contributed by atoms with Crippen LogP contribution in [0, 0.1) is 0 Å². The minimum Gasteiger partial charge on any atom is -0.497 e. The van der Waals surface area contributed by atoms with Crippen molar-refractivity contribution in [3.63, 3.8) is 0 Å². The van der Waals surface area contributed by atoms with E-state index < -0.39 is 12.0 Å². The van der Waals surface area contributed by atoms with Crippen LogP contribution in [0.15, 0.2) is 57.5 Å². The Kier molecular flexibility index (Phi) is 8.99. The normalized spacial score (nSPS) is 14.9. The van der Waals surface area contributed by atoms with Gasteiger partial charge in [0.05, 0.1) is 43.7 Å². The maximum Gasteiger partial charge on any atom is 0.338 e. The number of esters is 1. The van der Waals surface area contributed by atoms with E-state index in [1.165, 1.54) is 23.0 Å². The summed E-state index contributed by atoms with van der Waals surface area (Å²) >= 11 is 1.26. The molecule has 1 aliphatic rings. The Hall–Kier alpha value is -4.05. The van der Waals surface area contributed by atoms with E-state index in [-0.39, 0.29) is 17.7 Å². The second-order valence-electron chi connectivity index (χ2n) is 9.01. The fourth-order valence-electron chi connectivity index (χ4n) is 4.88. The van der Waals surface area contributed by atoms with E-state index in [9.17, 15) is 9.59 Å². The number of fused-ring (bicyclic) bond motifs is 1. The minimum absolute atomic E-state index is 0.190. The maximum absolute atomic E-state index is 14.0. The third kappa shape index (κ3) is 5.36. The van der Waals surface area contributed by atoms with Crippen molar-refractivity contribution in [1.29, 1.82) is 0 Å². The van der Waals surface area contributed by atoms with Crippen LogP contribution in [0.2, 0.25) is 0 Å². The molecule has 40 heavy (non-hydrogen) atoms. The Balaban J connectivity index is 1.95. The lowest BCUT2D eigenvalue weighted by Gasteiger charge is -2.26. The Bertz CT molecular complexity index is 1620. The van der Waals surface area contributed by atoms with Gasteiger partial charge in [0, 0.05) is 42.0 Å². The molecule has 0 radical (unpaired) electrons. The van der Waals surface area contributed by atoms with Crippen LogP contribution in [-0.2, 0) is 9.53 Å². The van der Waals surface area contributed by atoms with E-state index >= 15 is 0 Å². The first-order valence-electron chi connectivity index (χ1n) is 13.2. The van der Waals surface area contributed by atoms with Crippen molar-refractivity contribution >= 4 is 29.1 Å². The lowest BCUT2D eigenvalue weighted by Crippen LogP contribution is -2.40. The number of carbonyl (C=O) groups excluding carboxylic acids is 1. The second kappa shape index (κ2) is 12.4. The topological polar surface area (TPSA) is 91.6 Å². The summed E-state index contributed by atoms with van der Waals surface area (Å²) in [5, 5.41) is 0. The minimum atomic E-state index is -0.801. The van der Waals surface area contributed by atoms with Crippen molar-refractivity contribution in [2.45, 2.75) is 33.7 Å². The quantitative estimate of drug-likeness (QED) is 0.347. The molecular formula is C30H35N3O6S. The molecule has 10 heteroatoms. The number of thiazole rings is 1. The van der Waals surface area contributed by atoms with Gasteiger partial charge in [-0.1, -0.05) is 11.3 Å². The molecule has 2 aromatic carbocycles. The molecule has 0 spiro atoms. The van der Waals surface area contributed by atoms with Crippen LogP contribution < -0.4 is 34.0 Å². The number of rotatable bonds is 10. The van der Waals surface area contributed by atoms with Gasteiger partial charge in [0.15, 0.2) is 4.80 Å². The lowest BCUT2D eigenvalue weighted by molar-refractivity contribution is -0.139. The van der Waals surface area contributed by atoms with Crippen LogP contribution in [-0.4, -0.2) is 51.6 Å². The van der Waals surface area contributed by atoms with Crippen LogP contribution in [0.4, 0.5) is 5.69 Å². The molecular weight excluding hydrogens is 530 g/mol. The fourth-order valence-corrected chi connectivity index (χ4v) is 5.91. The molecule has 0 amide bonds. The molecule has 9 nitrogen and oxygen atoms in total. The number of benzene rings is 2. The SMILES string of the molecule is CCOC(=O)C1=C(C)N=c2s/c(=C\c3ccc(N(CC)CC)cc3OC)c(=O)n2[C@@H]1c1ccc(OC)cc1OC. The van der Waals surface area contributed by atoms with E-state index in [1.807, 2.05) is 18.2 Å². The van der Waals surface area contributed by atoms with Crippen LogP contribution in [0.1, 0.15) is 44.9 Å². The number of hydrogen-bond acceptors (Lipinski definition) is 9. The highest BCUT2D eigenvalue weighted by Gasteiger charge is 2.35.